The molecule has 0 N–H and O–H groups in total. The fourth-order valence-corrected chi connectivity index (χ4v) is 1.69. The van der Waals surface area contributed by atoms with Crippen LogP contribution in [0.2, 0.25) is 0 Å². The molecule has 90 valence electrons. The Kier molecular flexibility index (Phi) is 7.40. The van der Waals surface area contributed by atoms with Crippen LogP contribution < -0.4 is 18.6 Å². The molecule has 1 rings (SSSR count). The first kappa shape index (κ1) is 15.4. The minimum absolute atomic E-state index is 0.664. The number of halogens is 1. The van der Waals surface area contributed by atoms with Crippen LogP contribution in [0.3, 0.4) is 0 Å². The van der Waals surface area contributed by atoms with Crippen LogP contribution in [-0.4, -0.2) is 5.25 Å². The highest BCUT2D eigenvalue weighted by Crippen LogP contribution is 1.90. The fraction of sp³-hybridized carbons (Fsp3) is 0.300. The molecule has 16 heavy (non-hydrogen) atoms. The molecule has 0 aromatic heterocycles. The van der Waals surface area contributed by atoms with Crippen LogP contribution in [0.5, 0.6) is 0 Å². The fourth-order valence-electron chi connectivity index (χ4n) is 0.835. The second-order valence-corrected chi connectivity index (χ2v) is 5.46. The van der Waals surface area contributed by atoms with Gasteiger partial charge in [0, 0.05) is 12.1 Å². The van der Waals surface area contributed by atoms with E-state index in [1.165, 1.54) is 4.51 Å². The quantitative estimate of drug-likeness (QED) is 0.431. The molecule has 0 aliphatic carbocycles. The maximum atomic E-state index is 8.49. The molecule has 0 heterocycles. The van der Waals surface area contributed by atoms with Gasteiger partial charge in [0.2, 0.25) is 4.51 Å². The zero-order valence-corrected chi connectivity index (χ0v) is 10.5. The van der Waals surface area contributed by atoms with Crippen molar-refractivity contribution in [3.8, 4) is 0 Å². The van der Waals surface area contributed by atoms with Crippen molar-refractivity contribution in [3.63, 3.8) is 0 Å². The summed E-state index contributed by atoms with van der Waals surface area (Å²) in [5.74, 6) is 0. The summed E-state index contributed by atoms with van der Waals surface area (Å²) < 4.78 is 35.3. The normalized spacial score (nSPS) is 10.4. The zero-order valence-electron chi connectivity index (χ0n) is 8.96. The number of hydrogen-bond acceptors (Lipinski definition) is 4. The molecule has 0 atom stereocenters. The molecule has 4 nitrogen and oxygen atoms in total. The largest absolute Gasteiger partial charge is 0.224 e. The summed E-state index contributed by atoms with van der Waals surface area (Å²) in [6.07, 6.45) is 0. The van der Waals surface area contributed by atoms with Gasteiger partial charge < -0.3 is 0 Å². The van der Waals surface area contributed by atoms with Gasteiger partial charge in [0.15, 0.2) is 16.6 Å². The van der Waals surface area contributed by atoms with Gasteiger partial charge in [-0.05, 0) is 13.8 Å². The van der Waals surface area contributed by atoms with E-state index in [1.807, 2.05) is 23.5 Å². The van der Waals surface area contributed by atoms with Crippen LogP contribution in [-0.2, 0) is 11.4 Å². The molecule has 0 unspecified atom stereocenters. The molecule has 0 fully saturated rings. The number of hydrogen-bond donors (Lipinski definition) is 0. The van der Waals surface area contributed by atoms with E-state index in [2.05, 4.69) is 38.1 Å². The summed E-state index contributed by atoms with van der Waals surface area (Å²) in [7, 11) is -4.94. The molecule has 0 radical (unpaired) electrons. The first-order valence-electron chi connectivity index (χ1n) is 4.46. The predicted molar refractivity (Wildman–Crippen MR) is 52.2 cm³/mol. The Morgan fingerprint density at radius 1 is 0.938 bits per heavy atom. The van der Waals surface area contributed by atoms with Crippen LogP contribution in [0.15, 0.2) is 36.4 Å². The third-order valence-electron chi connectivity index (χ3n) is 1.23. The average Bonchev–Trinajstić information content (AvgIpc) is 2.28. The smallest absolute Gasteiger partial charge is 0.222 e. The van der Waals surface area contributed by atoms with Crippen molar-refractivity contribution < 1.29 is 28.9 Å². The molecule has 0 aliphatic heterocycles. The van der Waals surface area contributed by atoms with Crippen molar-refractivity contribution in [1.29, 1.82) is 0 Å². The van der Waals surface area contributed by atoms with Crippen LogP contribution in [0.1, 0.15) is 13.8 Å². The monoisotopic (exact) mass is 264 g/mol. The van der Waals surface area contributed by atoms with Crippen LogP contribution >= 0.6 is 0 Å². The van der Waals surface area contributed by atoms with Gasteiger partial charge in [-0.25, -0.2) is 18.6 Å². The van der Waals surface area contributed by atoms with Gasteiger partial charge in [-0.3, -0.25) is 0 Å². The van der Waals surface area contributed by atoms with Gasteiger partial charge in [-0.2, -0.15) is 0 Å². The highest BCUT2D eigenvalue weighted by atomic mass is 35.7. The molecule has 0 saturated carbocycles. The molecule has 1 aromatic carbocycles. The van der Waals surface area contributed by atoms with E-state index in [9.17, 15) is 0 Å². The van der Waals surface area contributed by atoms with Crippen molar-refractivity contribution in [3.05, 3.63) is 40.9 Å². The van der Waals surface area contributed by atoms with Crippen molar-refractivity contribution in [2.24, 2.45) is 0 Å². The Labute approximate surface area is 101 Å². The third-order valence-corrected chi connectivity index (χ3v) is 2.24. The minimum Gasteiger partial charge on any atom is -0.222 e. The minimum atomic E-state index is -4.94. The van der Waals surface area contributed by atoms with E-state index in [0.717, 1.165) is 0 Å². The van der Waals surface area contributed by atoms with Gasteiger partial charge in [-0.15, -0.1) is 10.2 Å². The molecule has 0 bridgehead atoms. The molecule has 0 amide bonds. The lowest BCUT2D eigenvalue weighted by molar-refractivity contribution is -2.00. The van der Waals surface area contributed by atoms with E-state index < -0.39 is 10.2 Å². The predicted octanol–water partition coefficient (Wildman–Crippen LogP) is -2.05. The van der Waals surface area contributed by atoms with Gasteiger partial charge in [0.1, 0.15) is 0 Å². The second kappa shape index (κ2) is 7.67. The maximum absolute atomic E-state index is 8.49. The Bertz CT molecular complexity index is 334. The van der Waals surface area contributed by atoms with E-state index >= 15 is 0 Å². The van der Waals surface area contributed by atoms with Gasteiger partial charge >= 0.3 is 0 Å². The van der Waals surface area contributed by atoms with Crippen molar-refractivity contribution in [2.75, 3.05) is 0 Å². The molecule has 1 aromatic rings. The molecule has 6 heteroatoms. The Morgan fingerprint density at radius 3 is 1.62 bits per heavy atom. The first-order chi connectivity index (χ1) is 7.29. The molecular weight excluding hydrogens is 252 g/mol. The van der Waals surface area contributed by atoms with Crippen LogP contribution in [0.4, 0.5) is 0 Å². The molecule has 0 saturated heterocycles. The third kappa shape index (κ3) is 13.4. The molecule has 0 spiro atoms. The maximum Gasteiger partial charge on any atom is 0.224 e. The summed E-state index contributed by atoms with van der Waals surface area (Å²) in [5, 5.41) is 0.664. The van der Waals surface area contributed by atoms with E-state index in [-0.39, 0.29) is 0 Å². The van der Waals surface area contributed by atoms with Crippen molar-refractivity contribution in [2.45, 2.75) is 19.1 Å². The summed E-state index contributed by atoms with van der Waals surface area (Å²) in [4.78, 5) is 0. The lowest BCUT2D eigenvalue weighted by Crippen LogP contribution is -2.68. The average molecular weight is 265 g/mol. The summed E-state index contributed by atoms with van der Waals surface area (Å²) >= 11 is 1.89. The standard InChI is InChI=1S/C10H13S.ClHO4/c1-9(2)11-10-7-5-3-4-6-8-10;2-1(3,4)5/h3-9H,1-2H3;(H,2,3,4,5)/q+1;/p-1. The highest BCUT2D eigenvalue weighted by Gasteiger charge is 1.99. The second-order valence-electron chi connectivity index (χ2n) is 3.05. The molecular formula is C10H13ClO4S. The SMILES string of the molecule is CC(C)[S+]=c1cccccc1.[O-][Cl+3]([O-])([O-])[O-]. The zero-order chi connectivity index (χ0) is 12.6. The molecule has 0 aliphatic rings. The Balaban J connectivity index is 0.000000385. The number of rotatable bonds is 1. The van der Waals surface area contributed by atoms with Crippen molar-refractivity contribution in [1.82, 2.24) is 0 Å². The van der Waals surface area contributed by atoms with Gasteiger partial charge in [0.25, 0.3) is 0 Å². The van der Waals surface area contributed by atoms with Gasteiger partial charge in [0.05, 0.1) is 0 Å². The van der Waals surface area contributed by atoms with Crippen LogP contribution in [0.25, 0.3) is 0 Å². The van der Waals surface area contributed by atoms with Crippen molar-refractivity contribution >= 4 is 11.4 Å². The first-order valence-corrected chi connectivity index (χ1v) is 6.57. The van der Waals surface area contributed by atoms with E-state index in [4.69, 9.17) is 18.6 Å². The summed E-state index contributed by atoms with van der Waals surface area (Å²) in [6, 6.07) is 12.5. The Morgan fingerprint density at radius 2 is 1.31 bits per heavy atom. The summed E-state index contributed by atoms with van der Waals surface area (Å²) in [6.45, 7) is 4.41. The van der Waals surface area contributed by atoms with E-state index in [0.29, 0.717) is 5.25 Å². The topological polar surface area (TPSA) is 92.2 Å². The highest BCUT2D eigenvalue weighted by molar-refractivity contribution is 7.70. The van der Waals surface area contributed by atoms with Crippen LogP contribution in [0, 0.1) is 14.8 Å². The van der Waals surface area contributed by atoms with Gasteiger partial charge in [-0.1, -0.05) is 24.3 Å². The van der Waals surface area contributed by atoms with E-state index in [1.54, 1.807) is 0 Å². The summed E-state index contributed by atoms with van der Waals surface area (Å²) in [5.41, 5.74) is 0. The lowest BCUT2D eigenvalue weighted by atomic mass is 10.5. The Hall–Kier alpha value is -0.560. The lowest BCUT2D eigenvalue weighted by Gasteiger charge is -2.17.